The van der Waals surface area contributed by atoms with Gasteiger partial charge in [-0.05, 0) is 50.4 Å². The maximum Gasteiger partial charge on any atom is 0.147 e. The monoisotopic (exact) mass is 284 g/mol. The van der Waals surface area contributed by atoms with E-state index in [0.29, 0.717) is 0 Å². The molecule has 1 unspecified atom stereocenters. The van der Waals surface area contributed by atoms with E-state index in [0.717, 1.165) is 48.8 Å². The molecule has 0 amide bonds. The normalized spacial score (nSPS) is 18.8. The number of hydrogen-bond acceptors (Lipinski definition) is 4. The zero-order chi connectivity index (χ0) is 14.5. The van der Waals surface area contributed by atoms with E-state index < -0.39 is 0 Å². The number of para-hydroxylation sites is 2. The van der Waals surface area contributed by atoms with Gasteiger partial charge in [-0.2, -0.15) is 0 Å². The van der Waals surface area contributed by atoms with Crippen molar-refractivity contribution in [1.29, 1.82) is 0 Å². The summed E-state index contributed by atoms with van der Waals surface area (Å²) < 4.78 is 0. The van der Waals surface area contributed by atoms with Crippen LogP contribution >= 0.6 is 0 Å². The van der Waals surface area contributed by atoms with Crippen molar-refractivity contribution in [3.05, 3.63) is 30.5 Å². The van der Waals surface area contributed by atoms with Crippen molar-refractivity contribution in [2.75, 3.05) is 31.1 Å². The molecular formula is C17H24N4. The molecule has 2 aromatic rings. The highest BCUT2D eigenvalue weighted by Crippen LogP contribution is 2.19. The van der Waals surface area contributed by atoms with Gasteiger partial charge < -0.3 is 10.2 Å². The van der Waals surface area contributed by atoms with Crippen molar-refractivity contribution >= 4 is 16.9 Å². The van der Waals surface area contributed by atoms with E-state index in [9.17, 15) is 0 Å². The van der Waals surface area contributed by atoms with E-state index in [1.165, 1.54) is 19.4 Å². The summed E-state index contributed by atoms with van der Waals surface area (Å²) in [6.07, 6.45) is 5.66. The van der Waals surface area contributed by atoms with Crippen LogP contribution in [0.15, 0.2) is 30.5 Å². The number of nitrogens with one attached hydrogen (secondary N) is 1. The third-order valence-electron chi connectivity index (χ3n) is 4.13. The van der Waals surface area contributed by atoms with E-state index in [1.54, 1.807) is 0 Å². The Balaban J connectivity index is 1.80. The molecule has 0 saturated carbocycles. The summed E-state index contributed by atoms with van der Waals surface area (Å²) in [6.45, 7) is 6.64. The van der Waals surface area contributed by atoms with E-state index in [-0.39, 0.29) is 0 Å². The molecule has 1 N–H and O–H groups in total. The second kappa shape index (κ2) is 6.85. The van der Waals surface area contributed by atoms with Crippen LogP contribution in [0.4, 0.5) is 5.82 Å². The quantitative estimate of drug-likeness (QED) is 0.916. The standard InChI is InChI=1S/C17H24N4/c1-2-10-21(13-14-6-5-9-18-11-14)17-12-19-15-7-3-4-8-16(15)20-17/h3-4,7-8,12,14,18H,2,5-6,9-11,13H2,1H3. The average molecular weight is 284 g/mol. The molecule has 0 bridgehead atoms. The van der Waals surface area contributed by atoms with Crippen LogP contribution in [0, 0.1) is 5.92 Å². The predicted molar refractivity (Wildman–Crippen MR) is 87.6 cm³/mol. The van der Waals surface area contributed by atoms with Crippen molar-refractivity contribution in [2.24, 2.45) is 5.92 Å². The van der Waals surface area contributed by atoms with E-state index in [1.807, 2.05) is 30.5 Å². The second-order valence-electron chi connectivity index (χ2n) is 5.88. The first kappa shape index (κ1) is 14.3. The Morgan fingerprint density at radius 2 is 2.14 bits per heavy atom. The zero-order valence-electron chi connectivity index (χ0n) is 12.8. The average Bonchev–Trinajstić information content (AvgIpc) is 2.55. The highest BCUT2D eigenvalue weighted by Gasteiger charge is 2.18. The smallest absolute Gasteiger partial charge is 0.147 e. The first-order valence-electron chi connectivity index (χ1n) is 8.04. The lowest BCUT2D eigenvalue weighted by atomic mass is 9.99. The topological polar surface area (TPSA) is 41.0 Å². The van der Waals surface area contributed by atoms with Crippen LogP contribution in [0.25, 0.3) is 11.0 Å². The largest absolute Gasteiger partial charge is 0.355 e. The number of piperidine rings is 1. The fraction of sp³-hybridized carbons (Fsp3) is 0.529. The Kier molecular flexibility index (Phi) is 4.65. The summed E-state index contributed by atoms with van der Waals surface area (Å²) in [5, 5.41) is 3.50. The molecule has 4 nitrogen and oxygen atoms in total. The predicted octanol–water partition coefficient (Wildman–Crippen LogP) is 2.85. The molecule has 3 rings (SSSR count). The molecule has 1 aliphatic heterocycles. The Hall–Kier alpha value is -1.68. The maximum atomic E-state index is 4.80. The fourth-order valence-electron chi connectivity index (χ4n) is 3.06. The first-order valence-corrected chi connectivity index (χ1v) is 8.04. The van der Waals surface area contributed by atoms with Crippen molar-refractivity contribution in [3.8, 4) is 0 Å². The van der Waals surface area contributed by atoms with Crippen LogP contribution in [-0.4, -0.2) is 36.1 Å². The Bertz CT molecular complexity index is 578. The molecule has 1 fully saturated rings. The molecule has 0 spiro atoms. The number of hydrogen-bond donors (Lipinski definition) is 1. The Morgan fingerprint density at radius 3 is 2.90 bits per heavy atom. The van der Waals surface area contributed by atoms with Crippen molar-refractivity contribution in [3.63, 3.8) is 0 Å². The van der Waals surface area contributed by atoms with Crippen LogP contribution in [0.3, 0.4) is 0 Å². The Labute approximate surface area is 126 Å². The van der Waals surface area contributed by atoms with Crippen molar-refractivity contribution in [1.82, 2.24) is 15.3 Å². The number of benzene rings is 1. The van der Waals surface area contributed by atoms with Crippen molar-refractivity contribution < 1.29 is 0 Å². The van der Waals surface area contributed by atoms with Gasteiger partial charge in [-0.3, -0.25) is 4.98 Å². The number of aromatic nitrogens is 2. The molecule has 112 valence electrons. The minimum atomic E-state index is 0.721. The van der Waals surface area contributed by atoms with Gasteiger partial charge in [0.1, 0.15) is 5.82 Å². The third kappa shape index (κ3) is 3.50. The molecule has 0 aliphatic carbocycles. The SMILES string of the molecule is CCCN(CC1CCCNC1)c1cnc2ccccc2n1. The minimum absolute atomic E-state index is 0.721. The van der Waals surface area contributed by atoms with Gasteiger partial charge in [0.15, 0.2) is 0 Å². The lowest BCUT2D eigenvalue weighted by Crippen LogP contribution is -2.39. The van der Waals surface area contributed by atoms with Gasteiger partial charge in [0.25, 0.3) is 0 Å². The molecule has 1 aromatic carbocycles. The minimum Gasteiger partial charge on any atom is -0.355 e. The zero-order valence-corrected chi connectivity index (χ0v) is 12.8. The summed E-state index contributed by atoms with van der Waals surface area (Å²) in [6, 6.07) is 8.09. The first-order chi connectivity index (χ1) is 10.4. The van der Waals surface area contributed by atoms with Gasteiger partial charge in [0, 0.05) is 13.1 Å². The van der Waals surface area contributed by atoms with Crippen LogP contribution < -0.4 is 10.2 Å². The number of rotatable bonds is 5. The summed E-state index contributed by atoms with van der Waals surface area (Å²) in [5.41, 5.74) is 1.95. The summed E-state index contributed by atoms with van der Waals surface area (Å²) in [4.78, 5) is 11.8. The number of nitrogens with zero attached hydrogens (tertiary/aromatic N) is 3. The van der Waals surface area contributed by atoms with Crippen molar-refractivity contribution in [2.45, 2.75) is 26.2 Å². The highest BCUT2D eigenvalue weighted by molar-refractivity contribution is 5.75. The van der Waals surface area contributed by atoms with Crippen LogP contribution in [0.2, 0.25) is 0 Å². The molecule has 2 heterocycles. The maximum absolute atomic E-state index is 4.80. The summed E-state index contributed by atoms with van der Waals surface area (Å²) in [7, 11) is 0. The molecular weight excluding hydrogens is 260 g/mol. The molecule has 1 saturated heterocycles. The van der Waals surface area contributed by atoms with E-state index in [4.69, 9.17) is 4.98 Å². The molecule has 1 aliphatic rings. The lowest BCUT2D eigenvalue weighted by molar-refractivity contribution is 0.376. The number of anilines is 1. The van der Waals surface area contributed by atoms with Gasteiger partial charge in [-0.15, -0.1) is 0 Å². The molecule has 0 radical (unpaired) electrons. The van der Waals surface area contributed by atoms with Gasteiger partial charge in [-0.25, -0.2) is 4.98 Å². The molecule has 1 aromatic heterocycles. The number of fused-ring (bicyclic) bond motifs is 1. The van der Waals surface area contributed by atoms with Gasteiger partial charge in [0.05, 0.1) is 17.2 Å². The molecule has 1 atom stereocenters. The van der Waals surface area contributed by atoms with Gasteiger partial charge in [0.2, 0.25) is 0 Å². The van der Waals surface area contributed by atoms with Gasteiger partial charge in [-0.1, -0.05) is 19.1 Å². The Morgan fingerprint density at radius 1 is 1.29 bits per heavy atom. The van der Waals surface area contributed by atoms with E-state index in [2.05, 4.69) is 22.1 Å². The summed E-state index contributed by atoms with van der Waals surface area (Å²) >= 11 is 0. The second-order valence-corrected chi connectivity index (χ2v) is 5.88. The van der Waals surface area contributed by atoms with Gasteiger partial charge >= 0.3 is 0 Å². The van der Waals surface area contributed by atoms with Crippen LogP contribution in [0.1, 0.15) is 26.2 Å². The third-order valence-corrected chi connectivity index (χ3v) is 4.13. The van der Waals surface area contributed by atoms with E-state index >= 15 is 0 Å². The highest BCUT2D eigenvalue weighted by atomic mass is 15.2. The molecule has 21 heavy (non-hydrogen) atoms. The molecule has 4 heteroatoms. The fourth-order valence-corrected chi connectivity index (χ4v) is 3.06. The lowest BCUT2D eigenvalue weighted by Gasteiger charge is -2.30. The van der Waals surface area contributed by atoms with Crippen LogP contribution in [0.5, 0.6) is 0 Å². The van der Waals surface area contributed by atoms with Crippen LogP contribution in [-0.2, 0) is 0 Å². The summed E-state index contributed by atoms with van der Waals surface area (Å²) in [5.74, 6) is 1.74.